The molecule has 0 spiro atoms. The van der Waals surface area contributed by atoms with Gasteiger partial charge in [0.15, 0.2) is 0 Å². The van der Waals surface area contributed by atoms with Gasteiger partial charge in [0.05, 0.1) is 30.5 Å². The number of esters is 1. The number of halogens is 3. The fourth-order valence-electron chi connectivity index (χ4n) is 2.37. The Morgan fingerprint density at radius 2 is 2.24 bits per heavy atom. The Morgan fingerprint density at radius 1 is 1.52 bits per heavy atom. The van der Waals surface area contributed by atoms with E-state index in [2.05, 4.69) is 9.72 Å². The molecule has 2 rings (SSSR count). The molecule has 0 aliphatic carbocycles. The van der Waals surface area contributed by atoms with Crippen molar-refractivity contribution < 1.29 is 22.7 Å². The molecule has 21 heavy (non-hydrogen) atoms. The van der Waals surface area contributed by atoms with E-state index in [9.17, 15) is 18.0 Å². The van der Waals surface area contributed by atoms with Crippen LogP contribution < -0.4 is 10.6 Å². The Morgan fingerprint density at radius 3 is 2.86 bits per heavy atom. The van der Waals surface area contributed by atoms with Crippen LogP contribution in [0.2, 0.25) is 0 Å². The number of nitrogens with zero attached hydrogens (tertiary/aromatic N) is 2. The van der Waals surface area contributed by atoms with Crippen molar-refractivity contribution in [1.82, 2.24) is 4.98 Å². The lowest BCUT2D eigenvalue weighted by atomic mass is 9.97. The molecule has 0 amide bonds. The first-order chi connectivity index (χ1) is 9.82. The van der Waals surface area contributed by atoms with Gasteiger partial charge in [0.1, 0.15) is 5.82 Å². The van der Waals surface area contributed by atoms with Crippen LogP contribution in [0.15, 0.2) is 12.3 Å². The second-order valence-corrected chi connectivity index (χ2v) is 4.95. The SMILES string of the molecule is COC(=O)c1cc(N2CCCC(C(F)(F)F)C2)ncc1N. The smallest absolute Gasteiger partial charge is 0.393 e. The van der Waals surface area contributed by atoms with Crippen molar-refractivity contribution in [3.8, 4) is 0 Å². The highest BCUT2D eigenvalue weighted by atomic mass is 19.4. The Labute approximate surface area is 119 Å². The maximum Gasteiger partial charge on any atom is 0.393 e. The van der Waals surface area contributed by atoms with Gasteiger partial charge in [-0.15, -0.1) is 0 Å². The molecular formula is C13H16F3N3O2. The van der Waals surface area contributed by atoms with Crippen molar-refractivity contribution >= 4 is 17.5 Å². The number of piperidine rings is 1. The number of hydrogen-bond donors (Lipinski definition) is 1. The lowest BCUT2D eigenvalue weighted by molar-refractivity contribution is -0.176. The number of carbonyl (C=O) groups is 1. The van der Waals surface area contributed by atoms with E-state index in [4.69, 9.17) is 5.73 Å². The number of alkyl halides is 3. The third kappa shape index (κ3) is 3.37. The van der Waals surface area contributed by atoms with Crippen LogP contribution in [0.1, 0.15) is 23.2 Å². The number of pyridine rings is 1. The van der Waals surface area contributed by atoms with Gasteiger partial charge in [0.2, 0.25) is 0 Å². The van der Waals surface area contributed by atoms with Crippen LogP contribution in [0.25, 0.3) is 0 Å². The molecule has 1 unspecified atom stereocenters. The molecule has 1 fully saturated rings. The summed E-state index contributed by atoms with van der Waals surface area (Å²) in [4.78, 5) is 17.1. The molecule has 0 bridgehead atoms. The molecule has 1 aromatic rings. The van der Waals surface area contributed by atoms with E-state index in [0.717, 1.165) is 0 Å². The van der Waals surface area contributed by atoms with E-state index >= 15 is 0 Å². The summed E-state index contributed by atoms with van der Waals surface area (Å²) in [5.74, 6) is -1.72. The summed E-state index contributed by atoms with van der Waals surface area (Å²) in [5.41, 5.74) is 5.87. The summed E-state index contributed by atoms with van der Waals surface area (Å²) in [6.07, 6.45) is -2.43. The van der Waals surface area contributed by atoms with Crippen LogP contribution in [-0.4, -0.2) is 37.3 Å². The van der Waals surface area contributed by atoms with Gasteiger partial charge in [0, 0.05) is 13.1 Å². The van der Waals surface area contributed by atoms with Crippen LogP contribution in [0.4, 0.5) is 24.7 Å². The predicted octanol–water partition coefficient (Wildman–Crippen LogP) is 2.23. The normalized spacial score (nSPS) is 19.4. The Balaban J connectivity index is 2.24. The fraction of sp³-hybridized carbons (Fsp3) is 0.538. The third-order valence-corrected chi connectivity index (χ3v) is 3.53. The predicted molar refractivity (Wildman–Crippen MR) is 71.0 cm³/mol. The molecule has 0 aromatic carbocycles. The summed E-state index contributed by atoms with van der Waals surface area (Å²) in [5, 5.41) is 0. The monoisotopic (exact) mass is 303 g/mol. The average molecular weight is 303 g/mol. The van der Waals surface area contributed by atoms with E-state index in [1.54, 1.807) is 0 Å². The summed E-state index contributed by atoms with van der Waals surface area (Å²) in [7, 11) is 1.21. The molecule has 1 aliphatic rings. The van der Waals surface area contributed by atoms with Gasteiger partial charge in [-0.3, -0.25) is 0 Å². The maximum atomic E-state index is 12.8. The molecule has 1 saturated heterocycles. The van der Waals surface area contributed by atoms with Crippen molar-refractivity contribution in [2.24, 2.45) is 5.92 Å². The van der Waals surface area contributed by atoms with Gasteiger partial charge in [0.25, 0.3) is 0 Å². The lowest BCUT2D eigenvalue weighted by Gasteiger charge is -2.34. The summed E-state index contributed by atoms with van der Waals surface area (Å²) < 4.78 is 43.0. The minimum Gasteiger partial charge on any atom is -0.465 e. The molecule has 2 heterocycles. The zero-order valence-electron chi connectivity index (χ0n) is 11.5. The van der Waals surface area contributed by atoms with E-state index in [-0.39, 0.29) is 24.2 Å². The highest BCUT2D eigenvalue weighted by Gasteiger charge is 2.42. The Bertz CT molecular complexity index is 534. The van der Waals surface area contributed by atoms with Gasteiger partial charge in [-0.05, 0) is 18.9 Å². The Kier molecular flexibility index (Phi) is 4.24. The minimum atomic E-state index is -4.22. The highest BCUT2D eigenvalue weighted by molar-refractivity contribution is 5.95. The van der Waals surface area contributed by atoms with E-state index in [1.807, 2.05) is 0 Å². The van der Waals surface area contributed by atoms with Crippen molar-refractivity contribution in [2.45, 2.75) is 19.0 Å². The van der Waals surface area contributed by atoms with Gasteiger partial charge >= 0.3 is 12.1 Å². The number of nitrogens with two attached hydrogens (primary N) is 1. The topological polar surface area (TPSA) is 68.5 Å². The van der Waals surface area contributed by atoms with E-state index in [1.165, 1.54) is 24.3 Å². The fourth-order valence-corrected chi connectivity index (χ4v) is 2.37. The maximum absolute atomic E-state index is 12.8. The second-order valence-electron chi connectivity index (χ2n) is 4.95. The molecule has 1 aromatic heterocycles. The molecule has 5 nitrogen and oxygen atoms in total. The first-order valence-corrected chi connectivity index (χ1v) is 6.48. The highest BCUT2D eigenvalue weighted by Crippen LogP contribution is 2.34. The third-order valence-electron chi connectivity index (χ3n) is 3.53. The largest absolute Gasteiger partial charge is 0.465 e. The van der Waals surface area contributed by atoms with Crippen molar-refractivity contribution in [3.05, 3.63) is 17.8 Å². The number of aromatic nitrogens is 1. The zero-order chi connectivity index (χ0) is 15.6. The number of carbonyl (C=O) groups excluding carboxylic acids is 1. The van der Waals surface area contributed by atoms with Crippen molar-refractivity contribution in [2.75, 3.05) is 30.8 Å². The van der Waals surface area contributed by atoms with Crippen LogP contribution in [-0.2, 0) is 4.74 Å². The standard InChI is InChI=1S/C13H16F3N3O2/c1-21-12(20)9-5-11(18-6-10(9)17)19-4-2-3-8(7-19)13(14,15)16/h5-6,8H,2-4,7,17H2,1H3. The van der Waals surface area contributed by atoms with Gasteiger partial charge in [-0.25, -0.2) is 9.78 Å². The van der Waals surface area contributed by atoms with Crippen LogP contribution >= 0.6 is 0 Å². The summed E-state index contributed by atoms with van der Waals surface area (Å²) in [6, 6.07) is 1.37. The summed E-state index contributed by atoms with van der Waals surface area (Å²) in [6.45, 7) is 0.297. The number of nitrogen functional groups attached to an aromatic ring is 1. The van der Waals surface area contributed by atoms with Crippen LogP contribution in [0.5, 0.6) is 0 Å². The number of methoxy groups -OCH3 is 1. The Hall–Kier alpha value is -1.99. The molecule has 116 valence electrons. The molecule has 1 aliphatic heterocycles. The molecule has 8 heteroatoms. The average Bonchev–Trinajstić information content (AvgIpc) is 2.46. The zero-order valence-corrected chi connectivity index (χ0v) is 11.5. The second kappa shape index (κ2) is 5.79. The van der Waals surface area contributed by atoms with Crippen LogP contribution in [0, 0.1) is 5.92 Å². The van der Waals surface area contributed by atoms with E-state index in [0.29, 0.717) is 18.8 Å². The van der Waals surface area contributed by atoms with Crippen molar-refractivity contribution in [1.29, 1.82) is 0 Å². The summed E-state index contributed by atoms with van der Waals surface area (Å²) >= 11 is 0. The molecule has 0 radical (unpaired) electrons. The first kappa shape index (κ1) is 15.4. The first-order valence-electron chi connectivity index (χ1n) is 6.48. The molecule has 1 atom stereocenters. The number of ether oxygens (including phenoxy) is 1. The van der Waals surface area contributed by atoms with Gasteiger partial charge in [-0.1, -0.05) is 0 Å². The van der Waals surface area contributed by atoms with Crippen LogP contribution in [0.3, 0.4) is 0 Å². The minimum absolute atomic E-state index is 0.108. The lowest BCUT2D eigenvalue weighted by Crippen LogP contribution is -2.42. The van der Waals surface area contributed by atoms with Gasteiger partial charge < -0.3 is 15.4 Å². The number of hydrogen-bond acceptors (Lipinski definition) is 5. The quantitative estimate of drug-likeness (QED) is 0.849. The van der Waals surface area contributed by atoms with E-state index < -0.39 is 18.1 Å². The molecular weight excluding hydrogens is 287 g/mol. The number of anilines is 2. The van der Waals surface area contributed by atoms with Gasteiger partial charge in [-0.2, -0.15) is 13.2 Å². The molecule has 0 saturated carbocycles. The molecule has 2 N–H and O–H groups in total. The van der Waals surface area contributed by atoms with Crippen molar-refractivity contribution in [3.63, 3.8) is 0 Å². The number of rotatable bonds is 2.